The summed E-state index contributed by atoms with van der Waals surface area (Å²) >= 11 is 1.91. The average Bonchev–Trinajstić information content (AvgIpc) is 2.46. The first-order valence-electron chi connectivity index (χ1n) is 6.21. The molecule has 0 radical (unpaired) electrons. The highest BCUT2D eigenvalue weighted by atomic mass is 127. The van der Waals surface area contributed by atoms with Crippen LogP contribution in [0, 0.1) is 0 Å². The summed E-state index contributed by atoms with van der Waals surface area (Å²) in [6, 6.07) is 5.05. The van der Waals surface area contributed by atoms with Crippen LogP contribution in [-0.4, -0.2) is 50.5 Å². The van der Waals surface area contributed by atoms with E-state index < -0.39 is 24.2 Å². The van der Waals surface area contributed by atoms with Crippen molar-refractivity contribution in [2.24, 2.45) is 0 Å². The Hall–Kier alpha value is -0.450. The highest BCUT2D eigenvalue weighted by Crippen LogP contribution is 2.31. The maximum atomic E-state index is 10.1. The molecule has 6 nitrogen and oxygen atoms in total. The third-order valence-corrected chi connectivity index (χ3v) is 3.84. The zero-order valence-electron chi connectivity index (χ0n) is 11.1. The van der Waals surface area contributed by atoms with Gasteiger partial charge in [-0.2, -0.15) is 0 Å². The van der Waals surface area contributed by atoms with Crippen molar-refractivity contribution in [1.29, 1.82) is 0 Å². The van der Waals surface area contributed by atoms with Crippen LogP contribution in [0.2, 0.25) is 0 Å². The largest absolute Gasteiger partial charge is 0.396 e. The predicted molar refractivity (Wildman–Crippen MR) is 83.5 cm³/mol. The van der Waals surface area contributed by atoms with E-state index in [2.05, 4.69) is 3.53 Å². The van der Waals surface area contributed by atoms with Gasteiger partial charge in [-0.3, -0.25) is 0 Å². The lowest BCUT2D eigenvalue weighted by atomic mass is 9.88. The zero-order chi connectivity index (χ0) is 15.3. The molecule has 6 N–H and O–H groups in total. The number of aliphatic hydroxyl groups is 5. The molecule has 1 rings (SSSR count). The van der Waals surface area contributed by atoms with Gasteiger partial charge in [0.05, 0.1) is 48.3 Å². The molecule has 4 atom stereocenters. The minimum absolute atomic E-state index is 0.117. The molecule has 7 heteroatoms. The van der Waals surface area contributed by atoms with Crippen LogP contribution in [0.3, 0.4) is 0 Å². The molecule has 0 fully saturated rings. The number of hydrogen-bond donors (Lipinski definition) is 6. The van der Waals surface area contributed by atoms with E-state index in [0.29, 0.717) is 16.8 Å². The lowest BCUT2D eigenvalue weighted by Gasteiger charge is -2.28. The summed E-state index contributed by atoms with van der Waals surface area (Å²) < 4.78 is 2.90. The SMILES string of the molecule is CC(O)C(O)C(O)C(CO)c1ccc(CO)cc1NI. The predicted octanol–water partition coefficient (Wildman–Crippen LogP) is 0.119. The number of benzene rings is 1. The fourth-order valence-electron chi connectivity index (χ4n) is 2.02. The molecule has 20 heavy (non-hydrogen) atoms. The lowest BCUT2D eigenvalue weighted by molar-refractivity contribution is -0.0676. The van der Waals surface area contributed by atoms with Crippen molar-refractivity contribution in [2.75, 3.05) is 10.1 Å². The summed E-state index contributed by atoms with van der Waals surface area (Å²) in [4.78, 5) is 0. The van der Waals surface area contributed by atoms with Crippen LogP contribution in [0.15, 0.2) is 18.2 Å². The molecule has 114 valence electrons. The van der Waals surface area contributed by atoms with Crippen LogP contribution < -0.4 is 3.53 Å². The summed E-state index contributed by atoms with van der Waals surface area (Å²) in [5.41, 5.74) is 1.93. The van der Waals surface area contributed by atoms with Crippen LogP contribution in [0.4, 0.5) is 5.69 Å². The Morgan fingerprint density at radius 1 is 1.15 bits per heavy atom. The molecule has 0 saturated heterocycles. The van der Waals surface area contributed by atoms with Gasteiger partial charge in [-0.25, -0.2) is 0 Å². The summed E-state index contributed by atoms with van der Waals surface area (Å²) in [5, 5.41) is 47.8. The van der Waals surface area contributed by atoms with E-state index in [4.69, 9.17) is 5.11 Å². The fraction of sp³-hybridized carbons (Fsp3) is 0.538. The highest BCUT2D eigenvalue weighted by Gasteiger charge is 2.31. The Balaban J connectivity index is 3.11. The number of halogens is 1. The first-order valence-corrected chi connectivity index (χ1v) is 7.29. The van der Waals surface area contributed by atoms with Gasteiger partial charge < -0.3 is 29.1 Å². The van der Waals surface area contributed by atoms with Crippen molar-refractivity contribution in [1.82, 2.24) is 0 Å². The number of hydrogen-bond acceptors (Lipinski definition) is 6. The number of aliphatic hydroxyl groups excluding tert-OH is 5. The molecule has 0 saturated carbocycles. The average molecular weight is 397 g/mol. The Labute approximate surface area is 131 Å². The molecule has 0 aliphatic heterocycles. The minimum atomic E-state index is -1.35. The van der Waals surface area contributed by atoms with Gasteiger partial charge >= 0.3 is 0 Å². The fourth-order valence-corrected chi connectivity index (χ4v) is 2.49. The van der Waals surface area contributed by atoms with Crippen molar-refractivity contribution in [3.05, 3.63) is 29.3 Å². The minimum Gasteiger partial charge on any atom is -0.396 e. The molecule has 0 aliphatic carbocycles. The maximum Gasteiger partial charge on any atom is 0.106 e. The smallest absolute Gasteiger partial charge is 0.106 e. The summed E-state index contributed by atoms with van der Waals surface area (Å²) in [6.07, 6.45) is -3.76. The van der Waals surface area contributed by atoms with Gasteiger partial charge in [-0.15, -0.1) is 0 Å². The highest BCUT2D eigenvalue weighted by molar-refractivity contribution is 14.1. The van der Waals surface area contributed by atoms with Crippen molar-refractivity contribution in [3.63, 3.8) is 0 Å². The second-order valence-corrected chi connectivity index (χ2v) is 5.22. The molecule has 0 aromatic heterocycles. The first kappa shape index (κ1) is 17.6. The molecule has 0 heterocycles. The normalized spacial score (nSPS) is 17.4. The molecular weight excluding hydrogens is 377 g/mol. The van der Waals surface area contributed by atoms with E-state index in [1.54, 1.807) is 18.2 Å². The van der Waals surface area contributed by atoms with Crippen molar-refractivity contribution in [2.45, 2.75) is 37.8 Å². The van der Waals surface area contributed by atoms with Gasteiger partial charge in [-0.05, 0) is 24.1 Å². The van der Waals surface area contributed by atoms with Crippen LogP contribution in [0.5, 0.6) is 0 Å². The van der Waals surface area contributed by atoms with Gasteiger partial charge in [-0.1, -0.05) is 12.1 Å². The molecule has 0 amide bonds. The molecular formula is C13H20INO5. The summed E-state index contributed by atoms with van der Waals surface area (Å²) in [7, 11) is 0. The molecule has 1 aromatic carbocycles. The van der Waals surface area contributed by atoms with Gasteiger partial charge in [0.1, 0.15) is 6.10 Å². The van der Waals surface area contributed by atoms with Crippen molar-refractivity contribution < 1.29 is 25.5 Å². The van der Waals surface area contributed by atoms with Gasteiger partial charge in [0.15, 0.2) is 0 Å². The Kier molecular flexibility index (Phi) is 7.13. The zero-order valence-corrected chi connectivity index (χ0v) is 13.2. The lowest BCUT2D eigenvalue weighted by Crippen LogP contribution is -2.40. The Morgan fingerprint density at radius 3 is 2.25 bits per heavy atom. The van der Waals surface area contributed by atoms with Crippen LogP contribution in [0.1, 0.15) is 24.0 Å². The number of rotatable bonds is 7. The Bertz CT molecular complexity index is 429. The third kappa shape index (κ3) is 4.03. The van der Waals surface area contributed by atoms with E-state index in [9.17, 15) is 20.4 Å². The van der Waals surface area contributed by atoms with Gasteiger partial charge in [0.25, 0.3) is 0 Å². The maximum absolute atomic E-state index is 10.1. The summed E-state index contributed by atoms with van der Waals surface area (Å²) in [5.74, 6) is -0.746. The van der Waals surface area contributed by atoms with Crippen molar-refractivity contribution >= 4 is 28.6 Å². The van der Waals surface area contributed by atoms with E-state index >= 15 is 0 Å². The first-order chi connectivity index (χ1) is 9.46. The van der Waals surface area contributed by atoms with Crippen LogP contribution >= 0.6 is 22.9 Å². The topological polar surface area (TPSA) is 113 Å². The standard InChI is InChI=1S/C13H20INO5/c1-7(18)12(19)13(20)10(6-17)9-3-2-8(5-16)4-11(9)15-14/h2-4,7,10,12-13,15-20H,5-6H2,1H3. The van der Waals surface area contributed by atoms with E-state index in [1.807, 2.05) is 22.9 Å². The van der Waals surface area contributed by atoms with Crippen LogP contribution in [0.25, 0.3) is 0 Å². The quantitative estimate of drug-likeness (QED) is 0.288. The Morgan fingerprint density at radius 2 is 1.80 bits per heavy atom. The number of anilines is 1. The van der Waals surface area contributed by atoms with Crippen molar-refractivity contribution in [3.8, 4) is 0 Å². The molecule has 0 bridgehead atoms. The molecule has 0 spiro atoms. The van der Waals surface area contributed by atoms with Gasteiger partial charge in [0, 0.05) is 11.6 Å². The summed E-state index contributed by atoms with van der Waals surface area (Å²) in [6.45, 7) is 0.873. The van der Waals surface area contributed by atoms with Gasteiger partial charge in [0.2, 0.25) is 0 Å². The van der Waals surface area contributed by atoms with E-state index in [0.717, 1.165) is 0 Å². The van der Waals surface area contributed by atoms with Crippen LogP contribution in [-0.2, 0) is 6.61 Å². The third-order valence-electron chi connectivity index (χ3n) is 3.25. The second kappa shape index (κ2) is 8.11. The van der Waals surface area contributed by atoms with E-state index in [1.165, 1.54) is 6.92 Å². The molecule has 1 aromatic rings. The monoisotopic (exact) mass is 397 g/mol. The van der Waals surface area contributed by atoms with E-state index in [-0.39, 0.29) is 13.2 Å². The molecule has 0 aliphatic rings. The second-order valence-electron chi connectivity index (χ2n) is 4.69. The number of nitrogens with one attached hydrogen (secondary N) is 1. The molecule has 4 unspecified atom stereocenters.